The lowest BCUT2D eigenvalue weighted by Crippen LogP contribution is -1.96. The molecule has 2 heterocycles. The third kappa shape index (κ3) is 2.04. The van der Waals surface area contributed by atoms with Gasteiger partial charge in [-0.3, -0.25) is 5.10 Å². The predicted octanol–water partition coefficient (Wildman–Crippen LogP) is 3.09. The number of H-pyrrole nitrogens is 1. The summed E-state index contributed by atoms with van der Waals surface area (Å²) in [5, 5.41) is 12.1. The molecule has 18 heavy (non-hydrogen) atoms. The predicted molar refractivity (Wildman–Crippen MR) is 66.7 cm³/mol. The van der Waals surface area contributed by atoms with Gasteiger partial charge in [-0.1, -0.05) is 16.8 Å². The molecular formula is C12H10ClN3O2. The van der Waals surface area contributed by atoms with Gasteiger partial charge in [0.2, 0.25) is 0 Å². The molecular weight excluding hydrogens is 254 g/mol. The minimum Gasteiger partial charge on any atom is -0.486 e. The summed E-state index contributed by atoms with van der Waals surface area (Å²) in [5.74, 6) is 1.35. The van der Waals surface area contributed by atoms with Gasteiger partial charge in [0.05, 0.1) is 16.7 Å². The molecule has 0 atom stereocenters. The minimum atomic E-state index is 0.316. The van der Waals surface area contributed by atoms with Crippen LogP contribution >= 0.6 is 11.6 Å². The maximum Gasteiger partial charge on any atom is 0.140 e. The normalized spacial score (nSPS) is 11.0. The lowest BCUT2D eigenvalue weighted by atomic mass is 10.2. The summed E-state index contributed by atoms with van der Waals surface area (Å²) >= 11 is 6.12. The zero-order chi connectivity index (χ0) is 12.5. The number of nitrogens with zero attached hydrogens (tertiary/aromatic N) is 2. The van der Waals surface area contributed by atoms with Crippen molar-refractivity contribution >= 4 is 22.5 Å². The average molecular weight is 264 g/mol. The number of halogens is 1. The highest BCUT2D eigenvalue weighted by Crippen LogP contribution is 2.29. The number of benzene rings is 1. The van der Waals surface area contributed by atoms with E-state index in [0.717, 1.165) is 22.4 Å². The largest absolute Gasteiger partial charge is 0.486 e. The standard InChI is InChI=1S/C12H10ClN3O2/c1-7-2-9(16-18-7)6-17-12-4-11-8(3-10(12)13)5-14-15-11/h2-5H,6H2,1H3,(H,14,15). The Morgan fingerprint density at radius 2 is 2.28 bits per heavy atom. The molecule has 3 rings (SSSR count). The van der Waals surface area contributed by atoms with Gasteiger partial charge in [0.25, 0.3) is 0 Å². The Balaban J connectivity index is 1.83. The van der Waals surface area contributed by atoms with Gasteiger partial charge in [-0.2, -0.15) is 5.10 Å². The van der Waals surface area contributed by atoms with Gasteiger partial charge >= 0.3 is 0 Å². The van der Waals surface area contributed by atoms with Gasteiger partial charge in [-0.25, -0.2) is 0 Å². The van der Waals surface area contributed by atoms with Crippen molar-refractivity contribution in [1.29, 1.82) is 0 Å². The molecule has 0 radical (unpaired) electrons. The zero-order valence-corrected chi connectivity index (χ0v) is 10.4. The SMILES string of the molecule is Cc1cc(COc2cc3[nH]ncc3cc2Cl)no1. The zero-order valence-electron chi connectivity index (χ0n) is 9.61. The monoisotopic (exact) mass is 263 g/mol. The molecule has 92 valence electrons. The molecule has 3 aromatic rings. The number of aromatic nitrogens is 3. The Hall–Kier alpha value is -2.01. The van der Waals surface area contributed by atoms with E-state index in [1.54, 1.807) is 6.20 Å². The smallest absolute Gasteiger partial charge is 0.140 e. The summed E-state index contributed by atoms with van der Waals surface area (Å²) in [6, 6.07) is 5.45. The van der Waals surface area contributed by atoms with Crippen LogP contribution in [0.15, 0.2) is 28.9 Å². The van der Waals surface area contributed by atoms with Crippen LogP contribution in [0.4, 0.5) is 0 Å². The fraction of sp³-hybridized carbons (Fsp3) is 0.167. The summed E-state index contributed by atoms with van der Waals surface area (Å²) in [4.78, 5) is 0. The molecule has 1 N–H and O–H groups in total. The molecule has 0 unspecified atom stereocenters. The average Bonchev–Trinajstić information content (AvgIpc) is 2.94. The van der Waals surface area contributed by atoms with Crippen molar-refractivity contribution in [3.8, 4) is 5.75 Å². The van der Waals surface area contributed by atoms with E-state index < -0.39 is 0 Å². The van der Waals surface area contributed by atoms with Crippen molar-refractivity contribution < 1.29 is 9.26 Å². The molecule has 0 aliphatic heterocycles. The number of nitrogens with one attached hydrogen (secondary N) is 1. The molecule has 0 saturated heterocycles. The molecule has 6 heteroatoms. The third-order valence-electron chi connectivity index (χ3n) is 2.55. The number of ether oxygens (including phenoxy) is 1. The first-order chi connectivity index (χ1) is 8.72. The lowest BCUT2D eigenvalue weighted by molar-refractivity contribution is 0.288. The van der Waals surface area contributed by atoms with Crippen LogP contribution in [-0.2, 0) is 6.61 Å². The summed E-state index contributed by atoms with van der Waals surface area (Å²) in [6.45, 7) is 2.15. The van der Waals surface area contributed by atoms with Gasteiger partial charge in [0, 0.05) is 17.5 Å². The van der Waals surface area contributed by atoms with Crippen LogP contribution in [0.1, 0.15) is 11.5 Å². The van der Waals surface area contributed by atoms with E-state index in [0.29, 0.717) is 17.4 Å². The van der Waals surface area contributed by atoms with Crippen molar-refractivity contribution in [2.45, 2.75) is 13.5 Å². The van der Waals surface area contributed by atoms with Crippen molar-refractivity contribution in [3.05, 3.63) is 40.9 Å². The first-order valence-electron chi connectivity index (χ1n) is 5.40. The van der Waals surface area contributed by atoms with Crippen LogP contribution in [-0.4, -0.2) is 15.4 Å². The first-order valence-corrected chi connectivity index (χ1v) is 5.78. The van der Waals surface area contributed by atoms with Crippen molar-refractivity contribution in [2.24, 2.45) is 0 Å². The topological polar surface area (TPSA) is 63.9 Å². The van der Waals surface area contributed by atoms with E-state index in [1.807, 2.05) is 25.1 Å². The molecule has 0 aliphatic rings. The van der Waals surface area contributed by atoms with Crippen LogP contribution in [0.2, 0.25) is 5.02 Å². The maximum atomic E-state index is 6.12. The summed E-state index contributed by atoms with van der Waals surface area (Å²) in [7, 11) is 0. The van der Waals surface area contributed by atoms with Crippen LogP contribution in [0.25, 0.3) is 10.9 Å². The number of aromatic amines is 1. The quantitative estimate of drug-likeness (QED) is 0.789. The highest BCUT2D eigenvalue weighted by atomic mass is 35.5. The van der Waals surface area contributed by atoms with Crippen LogP contribution in [0.5, 0.6) is 5.75 Å². The summed E-state index contributed by atoms with van der Waals surface area (Å²) < 4.78 is 10.6. The second kappa shape index (κ2) is 4.34. The van der Waals surface area contributed by atoms with Crippen molar-refractivity contribution in [3.63, 3.8) is 0 Å². The second-order valence-electron chi connectivity index (χ2n) is 3.96. The lowest BCUT2D eigenvalue weighted by Gasteiger charge is -2.06. The minimum absolute atomic E-state index is 0.316. The van der Waals surface area contributed by atoms with E-state index in [9.17, 15) is 0 Å². The van der Waals surface area contributed by atoms with Gasteiger partial charge < -0.3 is 9.26 Å². The van der Waals surface area contributed by atoms with Crippen LogP contribution in [0.3, 0.4) is 0 Å². The third-order valence-corrected chi connectivity index (χ3v) is 2.84. The van der Waals surface area contributed by atoms with E-state index in [-0.39, 0.29) is 0 Å². The highest BCUT2D eigenvalue weighted by Gasteiger charge is 2.07. The van der Waals surface area contributed by atoms with E-state index in [2.05, 4.69) is 15.4 Å². The molecule has 0 saturated carbocycles. The Morgan fingerprint density at radius 1 is 1.39 bits per heavy atom. The summed E-state index contributed by atoms with van der Waals surface area (Å²) in [5.41, 5.74) is 1.61. The number of hydrogen-bond acceptors (Lipinski definition) is 4. The molecule has 5 nitrogen and oxygen atoms in total. The van der Waals surface area contributed by atoms with E-state index >= 15 is 0 Å². The van der Waals surface area contributed by atoms with Crippen LogP contribution < -0.4 is 4.74 Å². The molecule has 0 fully saturated rings. The Kier molecular flexibility index (Phi) is 2.68. The highest BCUT2D eigenvalue weighted by molar-refractivity contribution is 6.32. The van der Waals surface area contributed by atoms with Crippen molar-refractivity contribution in [2.75, 3.05) is 0 Å². The Bertz CT molecular complexity index is 690. The van der Waals surface area contributed by atoms with Gasteiger partial charge in [-0.15, -0.1) is 0 Å². The maximum absolute atomic E-state index is 6.12. The fourth-order valence-electron chi connectivity index (χ4n) is 1.69. The molecule has 0 spiro atoms. The fourth-order valence-corrected chi connectivity index (χ4v) is 1.92. The second-order valence-corrected chi connectivity index (χ2v) is 4.36. The molecule has 0 aliphatic carbocycles. The van der Waals surface area contributed by atoms with Gasteiger partial charge in [-0.05, 0) is 13.0 Å². The molecule has 0 bridgehead atoms. The Morgan fingerprint density at radius 3 is 3.06 bits per heavy atom. The Labute approximate surface area is 108 Å². The van der Waals surface area contributed by atoms with Crippen LogP contribution in [0, 0.1) is 6.92 Å². The molecule has 0 amide bonds. The van der Waals surface area contributed by atoms with Gasteiger partial charge in [0.15, 0.2) is 0 Å². The molecule has 1 aromatic carbocycles. The first kappa shape index (κ1) is 11.1. The number of fused-ring (bicyclic) bond motifs is 1. The number of rotatable bonds is 3. The van der Waals surface area contributed by atoms with Gasteiger partial charge in [0.1, 0.15) is 23.8 Å². The molecule has 2 aromatic heterocycles. The number of hydrogen-bond donors (Lipinski definition) is 1. The van der Waals surface area contributed by atoms with Crippen molar-refractivity contribution in [1.82, 2.24) is 15.4 Å². The number of aryl methyl sites for hydroxylation is 1. The summed E-state index contributed by atoms with van der Waals surface area (Å²) in [6.07, 6.45) is 1.71. The van der Waals surface area contributed by atoms with E-state index in [1.165, 1.54) is 0 Å². The van der Waals surface area contributed by atoms with E-state index in [4.69, 9.17) is 20.9 Å².